The maximum absolute atomic E-state index is 14.8. The minimum Gasteiger partial charge on any atom is -0.326 e. The number of Topliss-reactive ketones (excluding diaryl/α,β-unsaturated/α-hetero) is 1. The summed E-state index contributed by atoms with van der Waals surface area (Å²) < 4.78 is 58.5. The minimum atomic E-state index is -5.40. The fourth-order valence-corrected chi connectivity index (χ4v) is 4.62. The Hall–Kier alpha value is -3.20. The highest BCUT2D eigenvalue weighted by Crippen LogP contribution is 2.52. The van der Waals surface area contributed by atoms with Gasteiger partial charge in [0.15, 0.2) is 5.78 Å². The summed E-state index contributed by atoms with van der Waals surface area (Å²) >= 11 is 5.90. The van der Waals surface area contributed by atoms with E-state index >= 15 is 0 Å². The number of rotatable bonds is 3. The van der Waals surface area contributed by atoms with E-state index in [0.29, 0.717) is 5.02 Å². The topological polar surface area (TPSA) is 66.5 Å². The molecule has 0 fully saturated rings. The van der Waals surface area contributed by atoms with E-state index < -0.39 is 51.7 Å². The Labute approximate surface area is 197 Å². The number of nitrogens with one attached hydrogen (secondary N) is 1. The van der Waals surface area contributed by atoms with E-state index in [9.17, 15) is 31.9 Å². The lowest BCUT2D eigenvalue weighted by Gasteiger charge is -2.35. The second-order valence-electron chi connectivity index (χ2n) is 9.06. The Bertz CT molecular complexity index is 1240. The molecule has 1 aliphatic heterocycles. The predicted molar refractivity (Wildman–Crippen MR) is 117 cm³/mol. The summed E-state index contributed by atoms with van der Waals surface area (Å²) in [6.07, 6.45) is -5.69. The summed E-state index contributed by atoms with van der Waals surface area (Å²) in [4.78, 5) is 40.4. The summed E-state index contributed by atoms with van der Waals surface area (Å²) in [6.45, 7) is 3.40. The van der Waals surface area contributed by atoms with Gasteiger partial charge in [-0.25, -0.2) is 4.39 Å². The molecule has 2 aliphatic rings. The lowest BCUT2D eigenvalue weighted by molar-refractivity contribution is -0.186. The molecule has 4 rings (SSSR count). The first-order valence-electron chi connectivity index (χ1n) is 10.3. The number of amides is 2. The molecule has 2 aromatic carbocycles. The van der Waals surface area contributed by atoms with Gasteiger partial charge in [-0.05, 0) is 48.2 Å². The fourth-order valence-electron chi connectivity index (χ4n) is 4.50. The monoisotopic (exact) mass is 494 g/mol. The maximum Gasteiger partial charge on any atom is 0.425 e. The van der Waals surface area contributed by atoms with Gasteiger partial charge in [-0.2, -0.15) is 13.2 Å². The van der Waals surface area contributed by atoms with Crippen molar-refractivity contribution in [3.63, 3.8) is 0 Å². The van der Waals surface area contributed by atoms with Crippen molar-refractivity contribution in [2.75, 3.05) is 4.90 Å². The number of carbonyl (C=O) groups is 3. The van der Waals surface area contributed by atoms with Gasteiger partial charge in [0.25, 0.3) is 11.8 Å². The first kappa shape index (κ1) is 23.9. The van der Waals surface area contributed by atoms with E-state index in [2.05, 4.69) is 0 Å². The number of ketones is 1. The van der Waals surface area contributed by atoms with Crippen LogP contribution in [0.4, 0.5) is 23.2 Å². The lowest BCUT2D eigenvalue weighted by atomic mass is 9.72. The van der Waals surface area contributed by atoms with Crippen LogP contribution < -0.4 is 10.2 Å². The number of carbonyl (C=O) groups excluding carboxylic acids is 3. The Balaban J connectivity index is 1.95. The first-order valence-corrected chi connectivity index (χ1v) is 10.7. The zero-order valence-electron chi connectivity index (χ0n) is 18.1. The number of alkyl halides is 3. The average Bonchev–Trinajstić information content (AvgIpc) is 2.96. The minimum absolute atomic E-state index is 0.0319. The zero-order chi connectivity index (χ0) is 25.1. The maximum atomic E-state index is 14.8. The molecule has 5 nitrogen and oxygen atoms in total. The number of benzene rings is 2. The molecule has 0 unspecified atom stereocenters. The van der Waals surface area contributed by atoms with Crippen LogP contribution in [0.5, 0.6) is 0 Å². The molecule has 1 aliphatic carbocycles. The van der Waals surface area contributed by atoms with Crippen LogP contribution in [0.25, 0.3) is 0 Å². The first-order chi connectivity index (χ1) is 15.8. The summed E-state index contributed by atoms with van der Waals surface area (Å²) in [5.41, 5.74) is -6.04. The molecule has 0 bridgehead atoms. The van der Waals surface area contributed by atoms with Gasteiger partial charge in [0.05, 0.1) is 11.1 Å². The fraction of sp³-hybridized carbons (Fsp3) is 0.292. The predicted octanol–water partition coefficient (Wildman–Crippen LogP) is 5.20. The van der Waals surface area contributed by atoms with Gasteiger partial charge in [0.2, 0.25) is 5.54 Å². The van der Waals surface area contributed by atoms with Gasteiger partial charge in [-0.1, -0.05) is 37.6 Å². The van der Waals surface area contributed by atoms with Gasteiger partial charge in [0, 0.05) is 22.8 Å². The molecule has 1 atom stereocenters. The van der Waals surface area contributed by atoms with Crippen LogP contribution in [-0.4, -0.2) is 29.3 Å². The average molecular weight is 495 g/mol. The molecule has 10 heteroatoms. The smallest absolute Gasteiger partial charge is 0.326 e. The van der Waals surface area contributed by atoms with E-state index in [4.69, 9.17) is 11.6 Å². The third kappa shape index (κ3) is 3.68. The van der Waals surface area contributed by atoms with Gasteiger partial charge in [-0.15, -0.1) is 0 Å². The van der Waals surface area contributed by atoms with Gasteiger partial charge < -0.3 is 5.32 Å². The summed E-state index contributed by atoms with van der Waals surface area (Å²) in [5.74, 6) is -5.01. The van der Waals surface area contributed by atoms with E-state index in [0.717, 1.165) is 17.0 Å². The van der Waals surface area contributed by atoms with Gasteiger partial charge in [0.1, 0.15) is 5.82 Å². The standard InChI is InChI=1S/C24H19ClF4N2O3/c1-22(2)11-17-19(18(32)12-22)23(24(27,28)29,30-20(33)15-5-3-4-6-16(15)26)21(34)31(17)14-9-7-13(25)8-10-14/h3-10H,11-12H2,1-2H3,(H,30,33)/t23-/m0/s1. The Morgan fingerprint density at radius 3 is 2.24 bits per heavy atom. The zero-order valence-corrected chi connectivity index (χ0v) is 18.9. The second-order valence-corrected chi connectivity index (χ2v) is 9.50. The van der Waals surface area contributed by atoms with Crippen LogP contribution in [0.3, 0.4) is 0 Å². The van der Waals surface area contributed by atoms with Gasteiger partial charge >= 0.3 is 6.18 Å². The third-order valence-corrected chi connectivity index (χ3v) is 6.20. The van der Waals surface area contributed by atoms with Crippen molar-refractivity contribution in [3.05, 3.63) is 76.2 Å². The van der Waals surface area contributed by atoms with Crippen LogP contribution >= 0.6 is 11.6 Å². The van der Waals surface area contributed by atoms with Crippen LogP contribution in [0.15, 0.2) is 59.8 Å². The van der Waals surface area contributed by atoms with Crippen molar-refractivity contribution in [1.82, 2.24) is 5.32 Å². The van der Waals surface area contributed by atoms with Crippen LogP contribution in [0.2, 0.25) is 5.02 Å². The van der Waals surface area contributed by atoms with Crippen LogP contribution in [0, 0.1) is 11.2 Å². The molecular weight excluding hydrogens is 476 g/mol. The highest BCUT2D eigenvalue weighted by atomic mass is 35.5. The lowest BCUT2D eigenvalue weighted by Crippen LogP contribution is -2.66. The number of hydrogen-bond donors (Lipinski definition) is 1. The Morgan fingerprint density at radius 1 is 1.03 bits per heavy atom. The number of halogens is 5. The molecule has 34 heavy (non-hydrogen) atoms. The normalized spacial score (nSPS) is 22.1. The SMILES string of the molecule is CC1(C)CC(=O)C2=C(C1)N(c1ccc(Cl)cc1)C(=O)[C@]2(NC(=O)c1ccccc1F)C(F)(F)F. The molecule has 0 radical (unpaired) electrons. The van der Waals surface area contributed by atoms with Crippen molar-refractivity contribution < 1.29 is 31.9 Å². The molecule has 2 aromatic rings. The van der Waals surface area contributed by atoms with Crippen LogP contribution in [0.1, 0.15) is 37.0 Å². The number of anilines is 1. The van der Waals surface area contributed by atoms with Crippen LogP contribution in [-0.2, 0) is 9.59 Å². The molecular formula is C24H19ClF4N2O3. The summed E-state index contributed by atoms with van der Waals surface area (Å²) in [6, 6.07) is 9.92. The van der Waals surface area contributed by atoms with Crippen molar-refractivity contribution in [3.8, 4) is 0 Å². The largest absolute Gasteiger partial charge is 0.425 e. The van der Waals surface area contributed by atoms with E-state index in [-0.39, 0.29) is 24.2 Å². The van der Waals surface area contributed by atoms with E-state index in [1.165, 1.54) is 36.4 Å². The number of allylic oxidation sites excluding steroid dienone is 1. The number of hydrogen-bond acceptors (Lipinski definition) is 3. The molecule has 0 aromatic heterocycles. The molecule has 0 spiro atoms. The Kier molecular flexibility index (Phi) is 5.59. The quantitative estimate of drug-likeness (QED) is 0.596. The molecule has 0 saturated carbocycles. The highest BCUT2D eigenvalue weighted by Gasteiger charge is 2.72. The molecule has 2 amide bonds. The highest BCUT2D eigenvalue weighted by molar-refractivity contribution is 6.30. The molecule has 1 heterocycles. The van der Waals surface area contributed by atoms with Crippen molar-refractivity contribution >= 4 is 34.9 Å². The number of nitrogens with zero attached hydrogens (tertiary/aromatic N) is 1. The van der Waals surface area contributed by atoms with Crippen molar-refractivity contribution in [2.45, 2.75) is 38.4 Å². The van der Waals surface area contributed by atoms with E-state index in [1.807, 2.05) is 0 Å². The van der Waals surface area contributed by atoms with Crippen molar-refractivity contribution in [1.29, 1.82) is 0 Å². The van der Waals surface area contributed by atoms with Gasteiger partial charge in [-0.3, -0.25) is 19.3 Å². The summed E-state index contributed by atoms with van der Waals surface area (Å²) in [7, 11) is 0. The summed E-state index contributed by atoms with van der Waals surface area (Å²) in [5, 5.41) is 2.00. The third-order valence-electron chi connectivity index (χ3n) is 5.95. The molecule has 0 saturated heterocycles. The second kappa shape index (κ2) is 7.94. The van der Waals surface area contributed by atoms with E-state index in [1.54, 1.807) is 19.2 Å². The Morgan fingerprint density at radius 2 is 1.65 bits per heavy atom. The molecule has 1 N–H and O–H groups in total. The molecule has 178 valence electrons. The van der Waals surface area contributed by atoms with Crippen molar-refractivity contribution in [2.24, 2.45) is 5.41 Å².